The molecule has 0 spiro atoms. The van der Waals surface area contributed by atoms with E-state index in [4.69, 9.17) is 9.47 Å². The largest absolute Gasteiger partial charge is 0.454 e. The number of nitrogens with one attached hydrogen (secondary N) is 1. The number of anilines is 1. The average molecular weight is 243 g/mol. The highest BCUT2D eigenvalue weighted by Crippen LogP contribution is 2.32. The van der Waals surface area contributed by atoms with Gasteiger partial charge < -0.3 is 14.8 Å². The van der Waals surface area contributed by atoms with Crippen LogP contribution in [-0.2, 0) is 6.54 Å². The number of ether oxygens (including phenoxy) is 2. The van der Waals surface area contributed by atoms with Crippen LogP contribution < -0.4 is 14.8 Å². The predicted molar refractivity (Wildman–Crippen MR) is 66.7 cm³/mol. The Kier molecular flexibility index (Phi) is 2.72. The molecule has 0 unspecified atom stereocenters. The number of benzene rings is 1. The fourth-order valence-electron chi connectivity index (χ4n) is 1.82. The summed E-state index contributed by atoms with van der Waals surface area (Å²) in [5, 5.41) is 3.25. The first-order valence-corrected chi connectivity index (χ1v) is 5.73. The number of aromatic nitrogens is 2. The lowest BCUT2D eigenvalue weighted by Crippen LogP contribution is -2.03. The van der Waals surface area contributed by atoms with E-state index in [1.54, 1.807) is 12.4 Å². The van der Waals surface area contributed by atoms with Crippen molar-refractivity contribution in [2.75, 3.05) is 12.1 Å². The summed E-state index contributed by atoms with van der Waals surface area (Å²) in [6, 6.07) is 5.90. The molecule has 0 bridgehead atoms. The molecule has 2 heterocycles. The topological polar surface area (TPSA) is 56.3 Å². The maximum atomic E-state index is 5.34. The average Bonchev–Trinajstić information content (AvgIpc) is 2.85. The van der Waals surface area contributed by atoms with Crippen LogP contribution in [0.15, 0.2) is 30.6 Å². The van der Waals surface area contributed by atoms with E-state index >= 15 is 0 Å². The molecule has 92 valence electrons. The maximum Gasteiger partial charge on any atom is 0.231 e. The van der Waals surface area contributed by atoms with Gasteiger partial charge >= 0.3 is 0 Å². The summed E-state index contributed by atoms with van der Waals surface area (Å²) >= 11 is 0. The smallest absolute Gasteiger partial charge is 0.231 e. The van der Waals surface area contributed by atoms with Crippen molar-refractivity contribution in [2.45, 2.75) is 13.5 Å². The van der Waals surface area contributed by atoms with Gasteiger partial charge in [0.15, 0.2) is 11.5 Å². The van der Waals surface area contributed by atoms with Gasteiger partial charge in [0, 0.05) is 18.9 Å². The highest BCUT2D eigenvalue weighted by Gasteiger charge is 2.13. The van der Waals surface area contributed by atoms with Crippen LogP contribution in [0, 0.1) is 6.92 Å². The summed E-state index contributed by atoms with van der Waals surface area (Å²) in [7, 11) is 0. The van der Waals surface area contributed by atoms with Gasteiger partial charge in [0.2, 0.25) is 6.79 Å². The number of hydrogen-bond acceptors (Lipinski definition) is 5. The first-order chi connectivity index (χ1) is 8.83. The zero-order chi connectivity index (χ0) is 12.4. The van der Waals surface area contributed by atoms with Crippen molar-refractivity contribution < 1.29 is 9.47 Å². The minimum Gasteiger partial charge on any atom is -0.454 e. The number of hydrogen-bond donors (Lipinski definition) is 1. The molecule has 5 nitrogen and oxygen atoms in total. The summed E-state index contributed by atoms with van der Waals surface area (Å²) < 4.78 is 10.6. The molecule has 1 aliphatic rings. The quantitative estimate of drug-likeness (QED) is 0.894. The summed E-state index contributed by atoms with van der Waals surface area (Å²) in [6.07, 6.45) is 3.36. The van der Waals surface area contributed by atoms with E-state index in [9.17, 15) is 0 Å². The van der Waals surface area contributed by atoms with E-state index in [0.29, 0.717) is 13.3 Å². The molecule has 0 amide bonds. The Morgan fingerprint density at radius 3 is 2.89 bits per heavy atom. The van der Waals surface area contributed by atoms with Crippen molar-refractivity contribution in [3.8, 4) is 11.5 Å². The molecule has 0 aliphatic carbocycles. The molecule has 2 aromatic rings. The van der Waals surface area contributed by atoms with E-state index < -0.39 is 0 Å². The van der Waals surface area contributed by atoms with Crippen molar-refractivity contribution in [3.63, 3.8) is 0 Å². The number of rotatable bonds is 3. The minimum atomic E-state index is 0.301. The third kappa shape index (κ3) is 2.07. The molecule has 3 rings (SSSR count). The molecular formula is C13H13N3O2. The van der Waals surface area contributed by atoms with Gasteiger partial charge in [-0.15, -0.1) is 0 Å². The molecule has 0 atom stereocenters. The van der Waals surface area contributed by atoms with E-state index in [1.807, 2.05) is 25.1 Å². The van der Waals surface area contributed by atoms with Crippen molar-refractivity contribution >= 4 is 5.82 Å². The molecule has 18 heavy (non-hydrogen) atoms. The monoisotopic (exact) mass is 243 g/mol. The maximum absolute atomic E-state index is 5.34. The fraction of sp³-hybridized carbons (Fsp3) is 0.231. The third-order valence-corrected chi connectivity index (χ3v) is 2.78. The van der Waals surface area contributed by atoms with Gasteiger partial charge in [-0.1, -0.05) is 6.07 Å². The standard InChI is InChI=1S/C13H13N3O2/c1-9-13(15-5-4-14-9)16-7-10-2-3-11-12(6-10)18-8-17-11/h2-6H,7-8H2,1H3,(H,15,16). The van der Waals surface area contributed by atoms with Crippen molar-refractivity contribution in [1.29, 1.82) is 0 Å². The van der Waals surface area contributed by atoms with Gasteiger partial charge in [-0.05, 0) is 24.6 Å². The molecular weight excluding hydrogens is 230 g/mol. The molecule has 1 aromatic heterocycles. The Morgan fingerprint density at radius 1 is 1.17 bits per heavy atom. The minimum absolute atomic E-state index is 0.301. The first kappa shape index (κ1) is 10.8. The Hall–Kier alpha value is -2.30. The van der Waals surface area contributed by atoms with Crippen molar-refractivity contribution in [3.05, 3.63) is 41.9 Å². The second-order valence-electron chi connectivity index (χ2n) is 4.03. The number of aryl methyl sites for hydroxylation is 1. The Labute approximate surface area is 105 Å². The van der Waals surface area contributed by atoms with Crippen LogP contribution >= 0.6 is 0 Å². The van der Waals surface area contributed by atoms with Crippen molar-refractivity contribution in [2.24, 2.45) is 0 Å². The molecule has 0 fully saturated rings. The van der Waals surface area contributed by atoms with Crippen LogP contribution in [0.3, 0.4) is 0 Å². The summed E-state index contributed by atoms with van der Waals surface area (Å²) in [6.45, 7) is 2.90. The van der Waals surface area contributed by atoms with E-state index in [1.165, 1.54) is 0 Å². The number of nitrogens with zero attached hydrogens (tertiary/aromatic N) is 2. The predicted octanol–water partition coefficient (Wildman–Crippen LogP) is 2.13. The van der Waals surface area contributed by atoms with E-state index in [-0.39, 0.29) is 0 Å². The van der Waals surface area contributed by atoms with Gasteiger partial charge in [-0.2, -0.15) is 0 Å². The zero-order valence-corrected chi connectivity index (χ0v) is 10.0. The van der Waals surface area contributed by atoms with E-state index in [0.717, 1.165) is 28.6 Å². The Morgan fingerprint density at radius 2 is 2.00 bits per heavy atom. The van der Waals surface area contributed by atoms with Gasteiger partial charge in [0.25, 0.3) is 0 Å². The van der Waals surface area contributed by atoms with Crippen LogP contribution in [-0.4, -0.2) is 16.8 Å². The van der Waals surface area contributed by atoms with Gasteiger partial charge in [-0.3, -0.25) is 4.98 Å². The zero-order valence-electron chi connectivity index (χ0n) is 10.0. The van der Waals surface area contributed by atoms with E-state index in [2.05, 4.69) is 15.3 Å². The molecule has 1 N–H and O–H groups in total. The van der Waals surface area contributed by atoms with Crippen LogP contribution in [0.25, 0.3) is 0 Å². The first-order valence-electron chi connectivity index (χ1n) is 5.73. The van der Waals surface area contributed by atoms with Crippen LogP contribution in [0.4, 0.5) is 5.82 Å². The molecule has 1 aromatic carbocycles. The SMILES string of the molecule is Cc1nccnc1NCc1ccc2c(c1)OCO2. The Balaban J connectivity index is 1.72. The summed E-state index contributed by atoms with van der Waals surface area (Å²) in [5.74, 6) is 2.40. The fourth-order valence-corrected chi connectivity index (χ4v) is 1.82. The second-order valence-corrected chi connectivity index (χ2v) is 4.03. The van der Waals surface area contributed by atoms with Crippen LogP contribution in [0.2, 0.25) is 0 Å². The molecule has 5 heteroatoms. The molecule has 0 saturated carbocycles. The van der Waals surface area contributed by atoms with Crippen LogP contribution in [0.1, 0.15) is 11.3 Å². The van der Waals surface area contributed by atoms with Crippen LogP contribution in [0.5, 0.6) is 11.5 Å². The molecule has 0 saturated heterocycles. The third-order valence-electron chi connectivity index (χ3n) is 2.78. The normalized spacial score (nSPS) is 12.5. The highest BCUT2D eigenvalue weighted by atomic mass is 16.7. The lowest BCUT2D eigenvalue weighted by molar-refractivity contribution is 0.174. The number of fused-ring (bicyclic) bond motifs is 1. The second kappa shape index (κ2) is 4.52. The Bertz CT molecular complexity index is 572. The van der Waals surface area contributed by atoms with Gasteiger partial charge in [0.1, 0.15) is 5.82 Å². The molecule has 1 aliphatic heterocycles. The summed E-state index contributed by atoms with van der Waals surface area (Å²) in [4.78, 5) is 8.42. The van der Waals surface area contributed by atoms with Gasteiger partial charge in [0.05, 0.1) is 5.69 Å². The van der Waals surface area contributed by atoms with Gasteiger partial charge in [-0.25, -0.2) is 4.98 Å². The van der Waals surface area contributed by atoms with Crippen molar-refractivity contribution in [1.82, 2.24) is 9.97 Å². The lowest BCUT2D eigenvalue weighted by atomic mass is 10.2. The molecule has 0 radical (unpaired) electrons. The summed E-state index contributed by atoms with van der Waals surface area (Å²) in [5.41, 5.74) is 2.00. The lowest BCUT2D eigenvalue weighted by Gasteiger charge is -2.07. The highest BCUT2D eigenvalue weighted by molar-refractivity contribution is 5.46.